The number of hydrogen-bond acceptors (Lipinski definition) is 2. The zero-order valence-electron chi connectivity index (χ0n) is 9.13. The minimum atomic E-state index is 0.0793. The molecule has 0 N–H and O–H groups in total. The topological polar surface area (TPSA) is 25.8 Å². The van der Waals surface area contributed by atoms with Crippen LogP contribution in [-0.2, 0) is 5.41 Å². The molecule has 0 aromatic carbocycles. The van der Waals surface area contributed by atoms with E-state index >= 15 is 0 Å². The van der Waals surface area contributed by atoms with Crippen molar-refractivity contribution in [2.24, 2.45) is 5.41 Å². The van der Waals surface area contributed by atoms with Gasteiger partial charge in [0.1, 0.15) is 6.33 Å². The minimum Gasteiger partial charge on any atom is -0.245 e. The Morgan fingerprint density at radius 2 is 1.69 bits per heavy atom. The molecule has 0 aliphatic carbocycles. The van der Waals surface area contributed by atoms with E-state index < -0.39 is 0 Å². The lowest BCUT2D eigenvalue weighted by Gasteiger charge is -2.38. The highest BCUT2D eigenvalue weighted by Gasteiger charge is 2.35. The van der Waals surface area contributed by atoms with Gasteiger partial charge in [-0.15, -0.1) is 0 Å². The minimum absolute atomic E-state index is 0.0793. The lowest BCUT2D eigenvalue weighted by Crippen LogP contribution is -2.34. The van der Waals surface area contributed by atoms with E-state index in [0.717, 1.165) is 5.69 Å². The average molecular weight is 178 g/mol. The molecule has 1 aromatic heterocycles. The summed E-state index contributed by atoms with van der Waals surface area (Å²) in [5, 5.41) is 0. The van der Waals surface area contributed by atoms with E-state index in [0.29, 0.717) is 0 Å². The van der Waals surface area contributed by atoms with Gasteiger partial charge in [0.25, 0.3) is 0 Å². The summed E-state index contributed by atoms with van der Waals surface area (Å²) in [6.07, 6.45) is 3.42. The monoisotopic (exact) mass is 178 g/mol. The van der Waals surface area contributed by atoms with Crippen molar-refractivity contribution in [3.63, 3.8) is 0 Å². The summed E-state index contributed by atoms with van der Waals surface area (Å²) in [5.74, 6) is 0. The van der Waals surface area contributed by atoms with Gasteiger partial charge in [0.15, 0.2) is 0 Å². The second kappa shape index (κ2) is 3.09. The van der Waals surface area contributed by atoms with E-state index in [1.165, 1.54) is 0 Å². The Morgan fingerprint density at radius 3 is 2.08 bits per heavy atom. The molecule has 1 heterocycles. The first-order valence-electron chi connectivity index (χ1n) is 4.62. The van der Waals surface area contributed by atoms with Gasteiger partial charge in [-0.05, 0) is 11.5 Å². The van der Waals surface area contributed by atoms with E-state index in [1.54, 1.807) is 12.5 Å². The van der Waals surface area contributed by atoms with Crippen LogP contribution in [0, 0.1) is 5.41 Å². The van der Waals surface area contributed by atoms with Crippen molar-refractivity contribution in [3.05, 3.63) is 24.3 Å². The van der Waals surface area contributed by atoms with Gasteiger partial charge < -0.3 is 0 Å². The normalized spacial score (nSPS) is 13.0. The van der Waals surface area contributed by atoms with Crippen LogP contribution in [0.25, 0.3) is 0 Å². The first kappa shape index (κ1) is 10.2. The van der Waals surface area contributed by atoms with E-state index in [9.17, 15) is 0 Å². The molecule has 1 rings (SSSR count). The third-order valence-electron chi connectivity index (χ3n) is 3.10. The molecule has 0 radical (unpaired) electrons. The van der Waals surface area contributed by atoms with Gasteiger partial charge in [0.05, 0.1) is 0 Å². The summed E-state index contributed by atoms with van der Waals surface area (Å²) in [4.78, 5) is 8.24. The fourth-order valence-corrected chi connectivity index (χ4v) is 1.04. The molecule has 0 unspecified atom stereocenters. The van der Waals surface area contributed by atoms with Crippen molar-refractivity contribution < 1.29 is 0 Å². The maximum Gasteiger partial charge on any atom is 0.115 e. The quantitative estimate of drug-likeness (QED) is 0.661. The molecule has 0 bridgehead atoms. The second-order valence-electron chi connectivity index (χ2n) is 4.97. The van der Waals surface area contributed by atoms with Crippen LogP contribution in [0.3, 0.4) is 0 Å². The van der Waals surface area contributed by atoms with Crippen molar-refractivity contribution in [2.45, 2.75) is 40.0 Å². The summed E-state index contributed by atoms with van der Waals surface area (Å²) in [7, 11) is 0. The van der Waals surface area contributed by atoms with Gasteiger partial charge in [-0.2, -0.15) is 0 Å². The van der Waals surface area contributed by atoms with Crippen molar-refractivity contribution >= 4 is 0 Å². The lowest BCUT2D eigenvalue weighted by atomic mass is 9.67. The molecule has 0 saturated carbocycles. The van der Waals surface area contributed by atoms with Crippen LogP contribution >= 0.6 is 0 Å². The fourth-order valence-electron chi connectivity index (χ4n) is 1.04. The fraction of sp³-hybridized carbons (Fsp3) is 0.636. The van der Waals surface area contributed by atoms with Crippen LogP contribution < -0.4 is 0 Å². The Hall–Kier alpha value is -0.920. The molecule has 0 spiro atoms. The Labute approximate surface area is 80.4 Å². The summed E-state index contributed by atoms with van der Waals surface area (Å²) in [5.41, 5.74) is 1.40. The average Bonchev–Trinajstić information content (AvgIpc) is 2.04. The molecule has 0 aliphatic rings. The maximum absolute atomic E-state index is 4.31. The van der Waals surface area contributed by atoms with Gasteiger partial charge in [0.2, 0.25) is 0 Å². The molecule has 0 aliphatic heterocycles. The van der Waals surface area contributed by atoms with Crippen LogP contribution in [0.5, 0.6) is 0 Å². The largest absolute Gasteiger partial charge is 0.245 e. The number of nitrogens with zero attached hydrogens (tertiary/aromatic N) is 2. The first-order valence-corrected chi connectivity index (χ1v) is 4.62. The third kappa shape index (κ3) is 1.87. The summed E-state index contributed by atoms with van der Waals surface area (Å²) in [6.45, 7) is 11.1. The van der Waals surface area contributed by atoms with E-state index in [4.69, 9.17) is 0 Å². The van der Waals surface area contributed by atoms with Crippen LogP contribution in [0.2, 0.25) is 0 Å². The molecule has 0 amide bonds. The molecule has 2 heteroatoms. The third-order valence-corrected chi connectivity index (χ3v) is 3.10. The van der Waals surface area contributed by atoms with Gasteiger partial charge in [0, 0.05) is 17.3 Å². The second-order valence-corrected chi connectivity index (χ2v) is 4.97. The number of aromatic nitrogens is 2. The molecular weight excluding hydrogens is 160 g/mol. The van der Waals surface area contributed by atoms with Crippen molar-refractivity contribution in [1.82, 2.24) is 9.97 Å². The zero-order valence-corrected chi connectivity index (χ0v) is 9.13. The van der Waals surface area contributed by atoms with Gasteiger partial charge in [-0.1, -0.05) is 34.6 Å². The van der Waals surface area contributed by atoms with Crippen LogP contribution in [0.15, 0.2) is 18.6 Å². The SMILES string of the molecule is CC(C)(C)C(C)(C)c1ccncn1. The summed E-state index contributed by atoms with van der Waals surface area (Å²) in [6, 6.07) is 1.99. The Balaban J connectivity index is 3.08. The predicted octanol–water partition coefficient (Wildman–Crippen LogP) is 2.80. The molecule has 0 fully saturated rings. The summed E-state index contributed by atoms with van der Waals surface area (Å²) < 4.78 is 0. The number of hydrogen-bond donors (Lipinski definition) is 0. The Morgan fingerprint density at radius 1 is 1.08 bits per heavy atom. The van der Waals surface area contributed by atoms with Crippen LogP contribution in [-0.4, -0.2) is 9.97 Å². The molecule has 72 valence electrons. The van der Waals surface area contributed by atoms with E-state index in [-0.39, 0.29) is 10.8 Å². The molecule has 0 saturated heterocycles. The van der Waals surface area contributed by atoms with E-state index in [1.807, 2.05) is 6.07 Å². The Bertz CT molecular complexity index is 270. The van der Waals surface area contributed by atoms with Crippen LogP contribution in [0.1, 0.15) is 40.3 Å². The van der Waals surface area contributed by atoms with Crippen molar-refractivity contribution in [2.75, 3.05) is 0 Å². The molecule has 2 nitrogen and oxygen atoms in total. The zero-order chi connectivity index (χ0) is 10.1. The van der Waals surface area contributed by atoms with E-state index in [2.05, 4.69) is 44.6 Å². The maximum atomic E-state index is 4.31. The van der Waals surface area contributed by atoms with Gasteiger partial charge >= 0.3 is 0 Å². The first-order chi connectivity index (χ1) is 5.86. The highest BCUT2D eigenvalue weighted by atomic mass is 14.8. The van der Waals surface area contributed by atoms with Gasteiger partial charge in [-0.3, -0.25) is 0 Å². The Kier molecular flexibility index (Phi) is 2.42. The molecule has 1 aromatic rings. The highest BCUT2D eigenvalue weighted by Crippen LogP contribution is 2.39. The summed E-state index contributed by atoms with van der Waals surface area (Å²) >= 11 is 0. The number of rotatable bonds is 1. The molecule has 0 atom stereocenters. The molecule has 13 heavy (non-hydrogen) atoms. The predicted molar refractivity (Wildman–Crippen MR) is 54.5 cm³/mol. The molecular formula is C11H18N2. The highest BCUT2D eigenvalue weighted by molar-refractivity contribution is 5.15. The standard InChI is InChI=1S/C11H18N2/c1-10(2,3)11(4,5)9-6-7-12-8-13-9/h6-8H,1-5H3. The van der Waals surface area contributed by atoms with Crippen molar-refractivity contribution in [1.29, 1.82) is 0 Å². The smallest absolute Gasteiger partial charge is 0.115 e. The van der Waals surface area contributed by atoms with Crippen LogP contribution in [0.4, 0.5) is 0 Å². The van der Waals surface area contributed by atoms with Crippen molar-refractivity contribution in [3.8, 4) is 0 Å². The lowest BCUT2D eigenvalue weighted by molar-refractivity contribution is 0.219. The van der Waals surface area contributed by atoms with Gasteiger partial charge in [-0.25, -0.2) is 9.97 Å².